The lowest BCUT2D eigenvalue weighted by Crippen LogP contribution is -2.21. The number of carboxylic acids is 1. The van der Waals surface area contributed by atoms with Crippen LogP contribution in [0.25, 0.3) is 21.8 Å². The van der Waals surface area contributed by atoms with Crippen LogP contribution in [0.1, 0.15) is 68.9 Å². The Balaban J connectivity index is 1.47. The molecule has 0 aliphatic heterocycles. The second-order valence-electron chi connectivity index (χ2n) is 12.5. The van der Waals surface area contributed by atoms with Crippen molar-refractivity contribution in [3.63, 3.8) is 0 Å². The summed E-state index contributed by atoms with van der Waals surface area (Å²) in [4.78, 5) is 53.7. The summed E-state index contributed by atoms with van der Waals surface area (Å²) in [5.74, 6) is -8.42. The number of phenols is 1. The predicted octanol–water partition coefficient (Wildman–Crippen LogP) is 10.3. The third-order valence-corrected chi connectivity index (χ3v) is 10.7. The second kappa shape index (κ2) is 15.1. The molecule has 2 heterocycles. The quantitative estimate of drug-likeness (QED) is 0.110. The van der Waals surface area contributed by atoms with Crippen LogP contribution in [0.3, 0.4) is 0 Å². The molecule has 6 aromatic rings. The highest BCUT2D eigenvalue weighted by atomic mass is 35.5. The van der Waals surface area contributed by atoms with E-state index in [-0.39, 0.29) is 82.0 Å². The molecule has 278 valence electrons. The second-order valence-corrected chi connectivity index (χ2v) is 14.1. The van der Waals surface area contributed by atoms with Gasteiger partial charge in [0, 0.05) is 33.3 Å². The number of aliphatic carboxylic acids is 1. The lowest BCUT2D eigenvalue weighted by atomic mass is 9.91. The van der Waals surface area contributed by atoms with Crippen molar-refractivity contribution in [3.05, 3.63) is 126 Å². The number of phenolic OH excluding ortho intramolecular Hbond substituents is 1. The van der Waals surface area contributed by atoms with Gasteiger partial charge in [0.1, 0.15) is 0 Å². The van der Waals surface area contributed by atoms with Crippen molar-refractivity contribution in [3.8, 4) is 11.5 Å². The van der Waals surface area contributed by atoms with E-state index in [2.05, 4.69) is 0 Å². The smallest absolute Gasteiger partial charge is 0.319 e. The van der Waals surface area contributed by atoms with Gasteiger partial charge in [-0.25, -0.2) is 8.78 Å². The van der Waals surface area contributed by atoms with Crippen LogP contribution in [-0.4, -0.2) is 43.1 Å². The third kappa shape index (κ3) is 6.70. The molecular weight excluding hydrogens is 788 g/mol. The number of carbonyl (C=O) groups is 4. The van der Waals surface area contributed by atoms with Crippen LogP contribution in [0.5, 0.6) is 11.5 Å². The number of ether oxygens (including phenoxy) is 1. The Morgan fingerprint density at radius 1 is 0.741 bits per heavy atom. The molecule has 2 aromatic heterocycles. The van der Waals surface area contributed by atoms with Crippen molar-refractivity contribution < 1.29 is 42.9 Å². The molecular formula is C39H28Cl4F2N2O7. The molecule has 0 bridgehead atoms. The fourth-order valence-corrected chi connectivity index (χ4v) is 7.35. The number of esters is 1. The topological polar surface area (TPSA) is 128 Å². The minimum atomic E-state index is -1.31. The molecule has 9 nitrogen and oxygen atoms in total. The van der Waals surface area contributed by atoms with Gasteiger partial charge in [0.2, 0.25) is 0 Å². The van der Waals surface area contributed by atoms with E-state index >= 15 is 8.78 Å². The Hall–Kier alpha value is -4.94. The van der Waals surface area contributed by atoms with Crippen molar-refractivity contribution in [1.82, 2.24) is 9.13 Å². The molecule has 54 heavy (non-hydrogen) atoms. The molecule has 0 saturated carbocycles. The number of nitrogens with zero attached hydrogens (tertiary/aromatic N) is 2. The molecule has 0 saturated heterocycles. The van der Waals surface area contributed by atoms with Gasteiger partial charge in [0.25, 0.3) is 11.8 Å². The first kappa shape index (κ1) is 38.8. The van der Waals surface area contributed by atoms with Crippen LogP contribution in [0, 0.1) is 25.5 Å². The number of hydrogen-bond donors (Lipinski definition) is 2. The van der Waals surface area contributed by atoms with Gasteiger partial charge in [0.05, 0.1) is 43.5 Å². The monoisotopic (exact) mass is 814 g/mol. The summed E-state index contributed by atoms with van der Waals surface area (Å²) in [6.45, 7) is 4.71. The maximum Gasteiger partial charge on any atom is 0.319 e. The zero-order valence-corrected chi connectivity index (χ0v) is 31.6. The van der Waals surface area contributed by atoms with E-state index in [1.165, 1.54) is 66.9 Å². The van der Waals surface area contributed by atoms with Gasteiger partial charge in [-0.1, -0.05) is 59.7 Å². The number of carboxylic acid groups (broad SMARTS) is 1. The summed E-state index contributed by atoms with van der Waals surface area (Å²) < 4.78 is 40.4. The lowest BCUT2D eigenvalue weighted by Gasteiger charge is -2.17. The average Bonchev–Trinajstić information content (AvgIpc) is 3.57. The maximum absolute atomic E-state index is 16.6. The zero-order valence-electron chi connectivity index (χ0n) is 28.6. The van der Waals surface area contributed by atoms with E-state index in [9.17, 15) is 29.4 Å². The van der Waals surface area contributed by atoms with E-state index in [0.717, 1.165) is 16.7 Å². The van der Waals surface area contributed by atoms with E-state index in [1.54, 1.807) is 6.92 Å². The highest BCUT2D eigenvalue weighted by Gasteiger charge is 2.34. The number of aromatic nitrogens is 2. The molecule has 0 aliphatic rings. The van der Waals surface area contributed by atoms with Gasteiger partial charge in [0.15, 0.2) is 23.1 Å². The third-order valence-electron chi connectivity index (χ3n) is 9.22. The van der Waals surface area contributed by atoms with E-state index in [0.29, 0.717) is 6.42 Å². The number of hydrogen-bond acceptors (Lipinski definition) is 6. The maximum atomic E-state index is 16.6. The molecule has 6 rings (SSSR count). The zero-order chi connectivity index (χ0) is 39.3. The van der Waals surface area contributed by atoms with Crippen LogP contribution >= 0.6 is 46.4 Å². The average molecular weight is 816 g/mol. The summed E-state index contributed by atoms with van der Waals surface area (Å²) in [5, 5.41) is 20.2. The molecule has 15 heteroatoms. The van der Waals surface area contributed by atoms with Crippen molar-refractivity contribution in [2.75, 3.05) is 0 Å². The Bertz CT molecular complexity index is 2580. The molecule has 0 fully saturated rings. The van der Waals surface area contributed by atoms with E-state index in [4.69, 9.17) is 51.1 Å². The number of rotatable bonds is 9. The lowest BCUT2D eigenvalue weighted by molar-refractivity contribution is -0.137. The van der Waals surface area contributed by atoms with Gasteiger partial charge < -0.3 is 14.9 Å². The van der Waals surface area contributed by atoms with Gasteiger partial charge in [-0.05, 0) is 92.1 Å². The van der Waals surface area contributed by atoms with Crippen LogP contribution in [-0.2, 0) is 16.0 Å². The molecule has 0 amide bonds. The first-order valence-corrected chi connectivity index (χ1v) is 17.9. The Labute approximate surface area is 326 Å². The fourth-order valence-electron chi connectivity index (χ4n) is 6.76. The minimum absolute atomic E-state index is 0.000457. The number of halogens is 6. The van der Waals surface area contributed by atoms with Crippen molar-refractivity contribution in [2.24, 2.45) is 0 Å². The van der Waals surface area contributed by atoms with Gasteiger partial charge in [-0.15, -0.1) is 0 Å². The van der Waals surface area contributed by atoms with Crippen LogP contribution in [0.15, 0.2) is 60.7 Å². The largest absolute Gasteiger partial charge is 0.505 e. The highest BCUT2D eigenvalue weighted by Crippen LogP contribution is 2.41. The fraction of sp³-hybridized carbons (Fsp3) is 0.179. The molecule has 0 spiro atoms. The van der Waals surface area contributed by atoms with Gasteiger partial charge in [-0.3, -0.25) is 28.3 Å². The number of fused-ring (bicyclic) bond motifs is 2. The highest BCUT2D eigenvalue weighted by molar-refractivity contribution is 6.42. The van der Waals surface area contributed by atoms with E-state index in [1.807, 2.05) is 0 Å². The summed E-state index contributed by atoms with van der Waals surface area (Å²) in [6, 6.07) is 13.2. The van der Waals surface area contributed by atoms with E-state index < -0.39 is 59.2 Å². The normalized spacial score (nSPS) is 12.0. The first-order valence-electron chi connectivity index (χ1n) is 16.3. The standard InChI is InChI=1S/C39H28Cl4F2N2O7/c1-4-5-21(32-18(3)47(28-10-12-29(48)35(44)34(28)32)38(52)20-7-9-24(41)26(43)15-20)39(53)54-30-13-11-27-33(36(30)45)22(16-31(49)50)17(2)46(27)37(51)19-6-8-23(40)25(42)14-19/h6-15,21,48H,4-5,16H2,1-3H3,(H,49,50). The summed E-state index contributed by atoms with van der Waals surface area (Å²) in [7, 11) is 0. The summed E-state index contributed by atoms with van der Waals surface area (Å²) >= 11 is 24.4. The Kier molecular flexibility index (Phi) is 10.8. The number of carbonyl (C=O) groups excluding carboxylic acids is 3. The molecule has 2 N–H and O–H groups in total. The Morgan fingerprint density at radius 3 is 1.81 bits per heavy atom. The molecule has 1 atom stereocenters. The SMILES string of the molecule is CCCC(C(=O)Oc1ccc2c(c1F)c(CC(=O)O)c(C)n2C(=O)c1ccc(Cl)c(Cl)c1)c1c(C)n(C(=O)c2ccc(Cl)c(Cl)c2)c2ccc(O)c(F)c12. The van der Waals surface area contributed by atoms with Crippen LogP contribution in [0.4, 0.5) is 8.78 Å². The molecule has 0 aliphatic carbocycles. The summed E-state index contributed by atoms with van der Waals surface area (Å²) in [6.07, 6.45) is -0.266. The van der Waals surface area contributed by atoms with Gasteiger partial charge in [-0.2, -0.15) is 0 Å². The first-order chi connectivity index (χ1) is 25.6. The molecule has 0 radical (unpaired) electrons. The predicted molar refractivity (Wildman–Crippen MR) is 202 cm³/mol. The van der Waals surface area contributed by atoms with Gasteiger partial charge >= 0.3 is 11.9 Å². The minimum Gasteiger partial charge on any atom is -0.505 e. The van der Waals surface area contributed by atoms with Crippen LogP contribution < -0.4 is 4.74 Å². The van der Waals surface area contributed by atoms with Crippen molar-refractivity contribution in [2.45, 2.75) is 46.0 Å². The Morgan fingerprint density at radius 2 is 1.28 bits per heavy atom. The van der Waals surface area contributed by atoms with Crippen molar-refractivity contribution in [1.29, 1.82) is 0 Å². The number of aromatic hydroxyl groups is 1. The number of benzene rings is 4. The van der Waals surface area contributed by atoms with Crippen LogP contribution in [0.2, 0.25) is 20.1 Å². The van der Waals surface area contributed by atoms with Crippen molar-refractivity contribution >= 4 is 92.0 Å². The summed E-state index contributed by atoms with van der Waals surface area (Å²) in [5.41, 5.74) is 0.497. The molecule has 4 aromatic carbocycles. The molecule has 1 unspecified atom stereocenters.